The van der Waals surface area contributed by atoms with Crippen molar-refractivity contribution in [2.24, 2.45) is 5.92 Å². The predicted molar refractivity (Wildman–Crippen MR) is 116 cm³/mol. The predicted octanol–water partition coefficient (Wildman–Crippen LogP) is 5.11. The summed E-state index contributed by atoms with van der Waals surface area (Å²) in [4.78, 5) is 12.6. The number of methoxy groups -OCH3 is 2. The Morgan fingerprint density at radius 1 is 0.931 bits per heavy atom. The molecule has 0 fully saturated rings. The van der Waals surface area contributed by atoms with E-state index >= 15 is 0 Å². The Morgan fingerprint density at radius 3 is 2.28 bits per heavy atom. The molecule has 158 valence electrons. The molecular weight excluding hydrogens is 366 g/mol. The van der Waals surface area contributed by atoms with Gasteiger partial charge in [0, 0.05) is 6.42 Å². The Bertz CT molecular complexity index is 803. The van der Waals surface area contributed by atoms with Crippen LogP contribution in [-0.2, 0) is 4.79 Å². The normalized spacial score (nSPS) is 12.9. The lowest BCUT2D eigenvalue weighted by Gasteiger charge is -2.19. The molecule has 5 nitrogen and oxygen atoms in total. The van der Waals surface area contributed by atoms with Gasteiger partial charge >= 0.3 is 0 Å². The zero-order chi connectivity index (χ0) is 21.4. The summed E-state index contributed by atoms with van der Waals surface area (Å²) in [6.45, 7) is 8.83. The SMILES string of the molecule is COc1cc(C(C)NC(=O)CC(C)c2ccccc2OC)ccc1OCC(C)C. The summed E-state index contributed by atoms with van der Waals surface area (Å²) in [7, 11) is 3.27. The van der Waals surface area contributed by atoms with Crippen molar-refractivity contribution >= 4 is 5.91 Å². The monoisotopic (exact) mass is 399 g/mol. The first-order valence-electron chi connectivity index (χ1n) is 10.1. The third-order valence-electron chi connectivity index (χ3n) is 4.80. The van der Waals surface area contributed by atoms with Crippen LogP contribution in [0.1, 0.15) is 57.2 Å². The van der Waals surface area contributed by atoms with Gasteiger partial charge in [0.15, 0.2) is 11.5 Å². The average Bonchev–Trinajstić information content (AvgIpc) is 2.71. The lowest BCUT2D eigenvalue weighted by atomic mass is 9.96. The number of benzene rings is 2. The molecule has 2 aromatic carbocycles. The van der Waals surface area contributed by atoms with Crippen LogP contribution in [0.2, 0.25) is 0 Å². The second-order valence-corrected chi connectivity index (χ2v) is 7.75. The van der Waals surface area contributed by atoms with Crippen LogP contribution in [0.5, 0.6) is 17.2 Å². The third-order valence-corrected chi connectivity index (χ3v) is 4.80. The van der Waals surface area contributed by atoms with E-state index in [0.29, 0.717) is 30.4 Å². The van der Waals surface area contributed by atoms with Gasteiger partial charge in [0.1, 0.15) is 5.75 Å². The highest BCUT2D eigenvalue weighted by molar-refractivity contribution is 5.77. The van der Waals surface area contributed by atoms with Gasteiger partial charge in [-0.05, 0) is 48.1 Å². The summed E-state index contributed by atoms with van der Waals surface area (Å²) in [5.74, 6) is 2.68. The topological polar surface area (TPSA) is 56.8 Å². The number of ether oxygens (including phenoxy) is 3. The number of hydrogen-bond acceptors (Lipinski definition) is 4. The molecule has 0 heterocycles. The van der Waals surface area contributed by atoms with Gasteiger partial charge in [-0.2, -0.15) is 0 Å². The van der Waals surface area contributed by atoms with E-state index in [-0.39, 0.29) is 17.9 Å². The average molecular weight is 400 g/mol. The number of carbonyl (C=O) groups excluding carboxylic acids is 1. The van der Waals surface area contributed by atoms with Crippen LogP contribution in [-0.4, -0.2) is 26.7 Å². The summed E-state index contributed by atoms with van der Waals surface area (Å²) >= 11 is 0. The van der Waals surface area contributed by atoms with E-state index in [1.54, 1.807) is 14.2 Å². The van der Waals surface area contributed by atoms with Crippen LogP contribution in [0.4, 0.5) is 0 Å². The Kier molecular flexibility index (Phi) is 8.37. The quantitative estimate of drug-likeness (QED) is 0.603. The fourth-order valence-electron chi connectivity index (χ4n) is 3.17. The summed E-state index contributed by atoms with van der Waals surface area (Å²) in [5, 5.41) is 3.08. The summed E-state index contributed by atoms with van der Waals surface area (Å²) in [6.07, 6.45) is 0.386. The maximum absolute atomic E-state index is 12.6. The van der Waals surface area contributed by atoms with Crippen LogP contribution < -0.4 is 19.5 Å². The number of nitrogens with one attached hydrogen (secondary N) is 1. The summed E-state index contributed by atoms with van der Waals surface area (Å²) in [5.41, 5.74) is 2.00. The molecule has 2 atom stereocenters. The molecule has 0 aromatic heterocycles. The summed E-state index contributed by atoms with van der Waals surface area (Å²) < 4.78 is 16.7. The maximum atomic E-state index is 12.6. The van der Waals surface area contributed by atoms with Crippen molar-refractivity contribution in [3.8, 4) is 17.2 Å². The molecule has 0 saturated carbocycles. The van der Waals surface area contributed by atoms with E-state index in [9.17, 15) is 4.79 Å². The van der Waals surface area contributed by atoms with Crippen LogP contribution >= 0.6 is 0 Å². The Labute approximate surface area is 174 Å². The maximum Gasteiger partial charge on any atom is 0.221 e. The molecular formula is C24H33NO4. The first-order chi connectivity index (χ1) is 13.8. The third kappa shape index (κ3) is 6.41. The van der Waals surface area contributed by atoms with E-state index in [1.807, 2.05) is 56.3 Å². The lowest BCUT2D eigenvalue weighted by molar-refractivity contribution is -0.122. The Balaban J connectivity index is 2.01. The highest BCUT2D eigenvalue weighted by Gasteiger charge is 2.18. The van der Waals surface area contributed by atoms with Crippen LogP contribution in [0.25, 0.3) is 0 Å². The molecule has 0 radical (unpaired) electrons. The van der Waals surface area contributed by atoms with E-state index in [1.165, 1.54) is 0 Å². The largest absolute Gasteiger partial charge is 0.496 e. The molecule has 1 N–H and O–H groups in total. The van der Waals surface area contributed by atoms with Gasteiger partial charge in [-0.1, -0.05) is 45.0 Å². The molecule has 0 bridgehead atoms. The van der Waals surface area contributed by atoms with Crippen molar-refractivity contribution in [3.05, 3.63) is 53.6 Å². The van der Waals surface area contributed by atoms with Gasteiger partial charge < -0.3 is 19.5 Å². The lowest BCUT2D eigenvalue weighted by Crippen LogP contribution is -2.27. The molecule has 0 aliphatic carbocycles. The van der Waals surface area contributed by atoms with Gasteiger partial charge in [0.2, 0.25) is 5.91 Å². The second-order valence-electron chi connectivity index (χ2n) is 7.75. The zero-order valence-corrected chi connectivity index (χ0v) is 18.3. The smallest absolute Gasteiger partial charge is 0.221 e. The van der Waals surface area contributed by atoms with Crippen molar-refractivity contribution in [1.29, 1.82) is 0 Å². The van der Waals surface area contributed by atoms with Crippen molar-refractivity contribution in [3.63, 3.8) is 0 Å². The van der Waals surface area contributed by atoms with Gasteiger partial charge in [-0.15, -0.1) is 0 Å². The van der Waals surface area contributed by atoms with Crippen molar-refractivity contribution in [2.75, 3.05) is 20.8 Å². The van der Waals surface area contributed by atoms with E-state index < -0.39 is 0 Å². The molecule has 0 aliphatic rings. The molecule has 2 unspecified atom stereocenters. The number of amides is 1. The molecule has 0 spiro atoms. The highest BCUT2D eigenvalue weighted by Crippen LogP contribution is 2.31. The molecule has 5 heteroatoms. The minimum absolute atomic E-state index is 0.00462. The zero-order valence-electron chi connectivity index (χ0n) is 18.3. The first kappa shape index (κ1) is 22.6. The van der Waals surface area contributed by atoms with E-state index in [4.69, 9.17) is 14.2 Å². The Hall–Kier alpha value is -2.69. The summed E-state index contributed by atoms with van der Waals surface area (Å²) in [6, 6.07) is 13.5. The highest BCUT2D eigenvalue weighted by atomic mass is 16.5. The molecule has 1 amide bonds. The first-order valence-corrected chi connectivity index (χ1v) is 10.1. The molecule has 0 aliphatic heterocycles. The molecule has 29 heavy (non-hydrogen) atoms. The number of carbonyl (C=O) groups is 1. The van der Waals surface area contributed by atoms with Crippen LogP contribution in [0.3, 0.4) is 0 Å². The molecule has 2 aromatic rings. The fourth-order valence-corrected chi connectivity index (χ4v) is 3.17. The minimum Gasteiger partial charge on any atom is -0.496 e. The van der Waals surface area contributed by atoms with Gasteiger partial charge in [0.25, 0.3) is 0 Å². The minimum atomic E-state index is -0.139. The van der Waals surface area contributed by atoms with E-state index in [0.717, 1.165) is 16.9 Å². The van der Waals surface area contributed by atoms with Gasteiger partial charge in [0.05, 0.1) is 26.9 Å². The second kappa shape index (κ2) is 10.7. The van der Waals surface area contributed by atoms with Crippen LogP contribution in [0, 0.1) is 5.92 Å². The van der Waals surface area contributed by atoms with Crippen molar-refractivity contribution in [2.45, 2.75) is 46.1 Å². The fraction of sp³-hybridized carbons (Fsp3) is 0.458. The molecule has 0 saturated heterocycles. The standard InChI is InChI=1S/C24H33NO4/c1-16(2)15-29-22-12-11-19(14-23(22)28-6)18(4)25-24(26)13-17(3)20-9-7-8-10-21(20)27-5/h7-12,14,16-18H,13,15H2,1-6H3,(H,25,26). The van der Waals surface area contributed by atoms with E-state index in [2.05, 4.69) is 19.2 Å². The van der Waals surface area contributed by atoms with Gasteiger partial charge in [-0.3, -0.25) is 4.79 Å². The Morgan fingerprint density at radius 2 is 1.62 bits per heavy atom. The van der Waals surface area contributed by atoms with Crippen molar-refractivity contribution < 1.29 is 19.0 Å². The van der Waals surface area contributed by atoms with Crippen LogP contribution in [0.15, 0.2) is 42.5 Å². The van der Waals surface area contributed by atoms with Gasteiger partial charge in [-0.25, -0.2) is 0 Å². The van der Waals surface area contributed by atoms with Crippen molar-refractivity contribution in [1.82, 2.24) is 5.32 Å². The number of hydrogen-bond donors (Lipinski definition) is 1. The molecule has 2 rings (SSSR count). The number of para-hydroxylation sites is 1. The number of rotatable bonds is 10.